The Bertz CT molecular complexity index is 598. The van der Waals surface area contributed by atoms with Crippen molar-refractivity contribution in [2.75, 3.05) is 0 Å². The lowest BCUT2D eigenvalue weighted by Gasteiger charge is -2.05. The molecule has 18 heavy (non-hydrogen) atoms. The van der Waals surface area contributed by atoms with E-state index in [0.717, 1.165) is 8.04 Å². The van der Waals surface area contributed by atoms with Crippen LogP contribution in [0, 0.1) is 9.39 Å². The number of Topliss-reactive ketones (excluding diaryl/α,β-unsaturated/α-hetero) is 1. The van der Waals surface area contributed by atoms with E-state index in [1.807, 2.05) is 18.2 Å². The van der Waals surface area contributed by atoms with Gasteiger partial charge in [0.1, 0.15) is 5.82 Å². The van der Waals surface area contributed by atoms with Gasteiger partial charge >= 0.3 is 0 Å². The lowest BCUT2D eigenvalue weighted by Crippen LogP contribution is -2.05. The van der Waals surface area contributed by atoms with Crippen LogP contribution in [0.2, 0.25) is 0 Å². The molecule has 4 heteroatoms. The highest BCUT2D eigenvalue weighted by molar-refractivity contribution is 14.1. The first kappa shape index (κ1) is 13.7. The number of ketones is 1. The van der Waals surface area contributed by atoms with Gasteiger partial charge in [-0.2, -0.15) is 0 Å². The van der Waals surface area contributed by atoms with Gasteiger partial charge in [-0.25, -0.2) is 4.39 Å². The highest BCUT2D eigenvalue weighted by Crippen LogP contribution is 2.21. The summed E-state index contributed by atoms with van der Waals surface area (Å²) in [4.78, 5) is 12.1. The van der Waals surface area contributed by atoms with Crippen LogP contribution in [0.4, 0.5) is 4.39 Å². The van der Waals surface area contributed by atoms with Gasteiger partial charge in [0.2, 0.25) is 0 Å². The van der Waals surface area contributed by atoms with Gasteiger partial charge in [0.05, 0.1) is 0 Å². The third kappa shape index (κ3) is 3.38. The summed E-state index contributed by atoms with van der Waals surface area (Å²) in [5.74, 6) is -0.340. The third-order valence-electron chi connectivity index (χ3n) is 2.48. The van der Waals surface area contributed by atoms with E-state index >= 15 is 0 Å². The molecule has 0 aliphatic rings. The minimum atomic E-state index is -0.318. The smallest absolute Gasteiger partial charge is 0.168 e. The molecule has 0 amide bonds. The van der Waals surface area contributed by atoms with Crippen molar-refractivity contribution in [2.24, 2.45) is 0 Å². The second-order valence-electron chi connectivity index (χ2n) is 3.85. The van der Waals surface area contributed by atoms with E-state index in [1.165, 1.54) is 12.1 Å². The molecule has 0 bridgehead atoms. The number of benzene rings is 2. The van der Waals surface area contributed by atoms with Gasteiger partial charge in [-0.1, -0.05) is 28.1 Å². The molecule has 2 rings (SSSR count). The zero-order chi connectivity index (χ0) is 13.1. The number of carbonyl (C=O) groups excluding carboxylic acids is 1. The number of carbonyl (C=O) groups is 1. The molecule has 0 atom stereocenters. The van der Waals surface area contributed by atoms with E-state index in [2.05, 4.69) is 38.5 Å². The van der Waals surface area contributed by atoms with Gasteiger partial charge < -0.3 is 0 Å². The molecule has 0 aromatic heterocycles. The number of hydrogen-bond donors (Lipinski definition) is 0. The molecule has 0 heterocycles. The Kier molecular flexibility index (Phi) is 4.50. The summed E-state index contributed by atoms with van der Waals surface area (Å²) in [6.45, 7) is 0. The Hall–Kier alpha value is -0.750. The predicted octanol–water partition coefficient (Wildman–Crippen LogP) is 4.62. The first-order valence-electron chi connectivity index (χ1n) is 5.29. The fourth-order valence-corrected chi connectivity index (χ4v) is 2.60. The maximum Gasteiger partial charge on any atom is 0.168 e. The molecule has 0 aliphatic heterocycles. The summed E-state index contributed by atoms with van der Waals surface area (Å²) < 4.78 is 14.8. The van der Waals surface area contributed by atoms with Crippen molar-refractivity contribution in [1.29, 1.82) is 0 Å². The minimum absolute atomic E-state index is 0.0222. The zero-order valence-electron chi connectivity index (χ0n) is 9.29. The number of halogens is 3. The first-order valence-corrected chi connectivity index (χ1v) is 7.16. The molecule has 0 saturated heterocycles. The van der Waals surface area contributed by atoms with Crippen LogP contribution in [0.25, 0.3) is 0 Å². The molecule has 0 saturated carbocycles. The van der Waals surface area contributed by atoms with Crippen LogP contribution in [0.1, 0.15) is 15.9 Å². The normalized spacial score (nSPS) is 10.4. The standard InChI is InChI=1S/C14H9BrFIO/c15-13-5-4-11(17)8-12(13)14(18)7-9-2-1-3-10(16)6-9/h1-6,8H,7H2. The first-order chi connectivity index (χ1) is 8.56. The molecular formula is C14H9BrFIO. The quantitative estimate of drug-likeness (QED) is 0.525. The lowest BCUT2D eigenvalue weighted by molar-refractivity contribution is 0.0992. The van der Waals surface area contributed by atoms with Gasteiger partial charge in [0.25, 0.3) is 0 Å². The Morgan fingerprint density at radius 3 is 2.72 bits per heavy atom. The lowest BCUT2D eigenvalue weighted by atomic mass is 10.0. The Morgan fingerprint density at radius 1 is 1.22 bits per heavy atom. The van der Waals surface area contributed by atoms with Crippen molar-refractivity contribution in [2.45, 2.75) is 6.42 Å². The summed E-state index contributed by atoms with van der Waals surface area (Å²) in [7, 11) is 0. The highest BCUT2D eigenvalue weighted by atomic mass is 127. The van der Waals surface area contributed by atoms with E-state index in [1.54, 1.807) is 12.1 Å². The molecule has 0 aliphatic carbocycles. The SMILES string of the molecule is O=C(Cc1cccc(F)c1)c1cc(I)ccc1Br. The van der Waals surface area contributed by atoms with Gasteiger partial charge in [0, 0.05) is 20.0 Å². The monoisotopic (exact) mass is 418 g/mol. The number of hydrogen-bond acceptors (Lipinski definition) is 1. The molecule has 92 valence electrons. The third-order valence-corrected chi connectivity index (χ3v) is 3.85. The summed E-state index contributed by atoms with van der Waals surface area (Å²) in [5, 5.41) is 0. The fraction of sp³-hybridized carbons (Fsp3) is 0.0714. The van der Waals surface area contributed by atoms with E-state index in [4.69, 9.17) is 0 Å². The van der Waals surface area contributed by atoms with Crippen molar-refractivity contribution >= 4 is 44.3 Å². The Morgan fingerprint density at radius 2 is 2.00 bits per heavy atom. The predicted molar refractivity (Wildman–Crippen MR) is 81.3 cm³/mol. The molecule has 0 fully saturated rings. The van der Waals surface area contributed by atoms with E-state index in [9.17, 15) is 9.18 Å². The average molecular weight is 419 g/mol. The summed E-state index contributed by atoms with van der Waals surface area (Å²) in [6, 6.07) is 11.7. The van der Waals surface area contributed by atoms with E-state index in [-0.39, 0.29) is 18.0 Å². The topological polar surface area (TPSA) is 17.1 Å². The van der Waals surface area contributed by atoms with E-state index < -0.39 is 0 Å². The largest absolute Gasteiger partial charge is 0.294 e. The summed E-state index contributed by atoms with van der Waals surface area (Å²) in [5.41, 5.74) is 1.32. The van der Waals surface area contributed by atoms with Gasteiger partial charge in [0.15, 0.2) is 5.78 Å². The van der Waals surface area contributed by atoms with Crippen molar-refractivity contribution < 1.29 is 9.18 Å². The summed E-state index contributed by atoms with van der Waals surface area (Å²) >= 11 is 5.52. The van der Waals surface area contributed by atoms with Crippen LogP contribution in [-0.4, -0.2) is 5.78 Å². The maximum absolute atomic E-state index is 13.0. The Balaban J connectivity index is 2.24. The number of rotatable bonds is 3. The molecule has 1 nitrogen and oxygen atoms in total. The Labute approximate surface area is 127 Å². The van der Waals surface area contributed by atoms with Crippen molar-refractivity contribution in [3.05, 3.63) is 67.5 Å². The van der Waals surface area contributed by atoms with Gasteiger partial charge in [-0.05, 0) is 58.5 Å². The average Bonchev–Trinajstić information content (AvgIpc) is 2.32. The molecule has 0 radical (unpaired) electrons. The minimum Gasteiger partial charge on any atom is -0.294 e. The van der Waals surface area contributed by atoms with Crippen LogP contribution >= 0.6 is 38.5 Å². The van der Waals surface area contributed by atoms with Gasteiger partial charge in [-0.15, -0.1) is 0 Å². The second kappa shape index (κ2) is 5.93. The van der Waals surface area contributed by atoms with Crippen LogP contribution in [-0.2, 0) is 6.42 Å². The molecule has 2 aromatic rings. The molecule has 0 N–H and O–H groups in total. The summed E-state index contributed by atoms with van der Waals surface area (Å²) in [6.07, 6.45) is 0.205. The molecule has 0 unspecified atom stereocenters. The van der Waals surface area contributed by atoms with Crippen molar-refractivity contribution in [3.63, 3.8) is 0 Å². The van der Waals surface area contributed by atoms with Crippen molar-refractivity contribution in [3.8, 4) is 0 Å². The maximum atomic E-state index is 13.0. The second-order valence-corrected chi connectivity index (χ2v) is 5.95. The van der Waals surface area contributed by atoms with Gasteiger partial charge in [-0.3, -0.25) is 4.79 Å². The van der Waals surface area contributed by atoms with Crippen LogP contribution < -0.4 is 0 Å². The van der Waals surface area contributed by atoms with Crippen LogP contribution in [0.15, 0.2) is 46.9 Å². The highest BCUT2D eigenvalue weighted by Gasteiger charge is 2.11. The zero-order valence-corrected chi connectivity index (χ0v) is 13.0. The molecule has 0 spiro atoms. The molecular weight excluding hydrogens is 410 g/mol. The van der Waals surface area contributed by atoms with Crippen LogP contribution in [0.5, 0.6) is 0 Å². The van der Waals surface area contributed by atoms with E-state index in [0.29, 0.717) is 11.1 Å². The fourth-order valence-electron chi connectivity index (χ4n) is 1.64. The molecule has 2 aromatic carbocycles. The van der Waals surface area contributed by atoms with Crippen molar-refractivity contribution in [1.82, 2.24) is 0 Å². The van der Waals surface area contributed by atoms with Crippen LogP contribution in [0.3, 0.4) is 0 Å².